The first kappa shape index (κ1) is 17.2. The summed E-state index contributed by atoms with van der Waals surface area (Å²) >= 11 is 7.60. The zero-order valence-corrected chi connectivity index (χ0v) is 15.9. The summed E-state index contributed by atoms with van der Waals surface area (Å²) in [5.41, 5.74) is 2.56. The molecule has 1 aliphatic rings. The van der Waals surface area contributed by atoms with Crippen molar-refractivity contribution in [3.8, 4) is 0 Å². The van der Waals surface area contributed by atoms with Crippen LogP contribution in [0.5, 0.6) is 0 Å². The van der Waals surface area contributed by atoms with E-state index in [9.17, 15) is 9.59 Å². The number of carbonyl (C=O) groups is 1. The van der Waals surface area contributed by atoms with E-state index in [0.717, 1.165) is 41.6 Å². The minimum atomic E-state index is -0.275. The van der Waals surface area contributed by atoms with Crippen molar-refractivity contribution >= 4 is 44.7 Å². The first-order chi connectivity index (χ1) is 12.5. The Morgan fingerprint density at radius 1 is 1.35 bits per heavy atom. The lowest BCUT2D eigenvalue weighted by molar-refractivity contribution is -0.116. The van der Waals surface area contributed by atoms with Crippen LogP contribution in [0.2, 0.25) is 5.02 Å². The van der Waals surface area contributed by atoms with Gasteiger partial charge in [0, 0.05) is 15.6 Å². The maximum absolute atomic E-state index is 12.9. The van der Waals surface area contributed by atoms with Gasteiger partial charge in [-0.1, -0.05) is 17.7 Å². The number of carbonyl (C=O) groups excluding carboxylic acids is 1. The molecule has 0 unspecified atom stereocenters. The van der Waals surface area contributed by atoms with Crippen LogP contribution >= 0.6 is 22.9 Å². The molecule has 134 valence electrons. The van der Waals surface area contributed by atoms with Crippen LogP contribution in [0.15, 0.2) is 29.3 Å². The summed E-state index contributed by atoms with van der Waals surface area (Å²) in [6.07, 6.45) is 5.67. The van der Waals surface area contributed by atoms with Gasteiger partial charge in [-0.25, -0.2) is 4.98 Å². The maximum Gasteiger partial charge on any atom is 0.262 e. The zero-order chi connectivity index (χ0) is 18.3. The Hall–Kier alpha value is -2.18. The van der Waals surface area contributed by atoms with E-state index in [0.29, 0.717) is 16.1 Å². The molecule has 4 rings (SSSR count). The maximum atomic E-state index is 12.9. The van der Waals surface area contributed by atoms with E-state index < -0.39 is 0 Å². The number of anilines is 1. The molecule has 0 saturated heterocycles. The minimum Gasteiger partial charge on any atom is -0.324 e. The van der Waals surface area contributed by atoms with Crippen LogP contribution in [0.1, 0.15) is 28.8 Å². The Labute approximate surface area is 159 Å². The predicted molar refractivity (Wildman–Crippen MR) is 105 cm³/mol. The number of thiophene rings is 1. The summed E-state index contributed by atoms with van der Waals surface area (Å²) in [4.78, 5) is 31.8. The molecule has 1 aliphatic carbocycles. The monoisotopic (exact) mass is 387 g/mol. The van der Waals surface area contributed by atoms with E-state index in [1.165, 1.54) is 15.8 Å². The number of nitrogens with one attached hydrogen (secondary N) is 1. The highest BCUT2D eigenvalue weighted by molar-refractivity contribution is 7.18. The summed E-state index contributed by atoms with van der Waals surface area (Å²) in [5.74, 6) is -0.275. The second-order valence-corrected chi connectivity index (χ2v) is 8.10. The van der Waals surface area contributed by atoms with Gasteiger partial charge in [0.25, 0.3) is 5.56 Å². The van der Waals surface area contributed by atoms with E-state index in [1.54, 1.807) is 23.5 Å². The number of amides is 1. The molecule has 1 aromatic carbocycles. The lowest BCUT2D eigenvalue weighted by atomic mass is 9.97. The molecule has 2 heterocycles. The van der Waals surface area contributed by atoms with Crippen molar-refractivity contribution in [2.24, 2.45) is 0 Å². The van der Waals surface area contributed by atoms with Crippen LogP contribution in [-0.2, 0) is 24.2 Å². The van der Waals surface area contributed by atoms with Crippen molar-refractivity contribution in [2.45, 2.75) is 39.2 Å². The van der Waals surface area contributed by atoms with E-state index in [2.05, 4.69) is 10.3 Å². The third kappa shape index (κ3) is 3.15. The number of aryl methyl sites for hydroxylation is 3. The molecule has 0 radical (unpaired) electrons. The molecule has 0 atom stereocenters. The van der Waals surface area contributed by atoms with E-state index in [1.807, 2.05) is 13.0 Å². The van der Waals surface area contributed by atoms with Crippen LogP contribution in [0.4, 0.5) is 5.69 Å². The summed E-state index contributed by atoms with van der Waals surface area (Å²) in [5, 5.41) is 4.07. The molecular weight excluding hydrogens is 370 g/mol. The Morgan fingerprint density at radius 2 is 2.15 bits per heavy atom. The fraction of sp³-hybridized carbons (Fsp3) is 0.316. The Bertz CT molecular complexity index is 1070. The van der Waals surface area contributed by atoms with Crippen molar-refractivity contribution < 1.29 is 4.79 Å². The van der Waals surface area contributed by atoms with Gasteiger partial charge in [0.1, 0.15) is 11.4 Å². The predicted octanol–water partition coefficient (Wildman–Crippen LogP) is 3.94. The molecule has 5 nitrogen and oxygen atoms in total. The molecule has 3 aromatic rings. The molecule has 26 heavy (non-hydrogen) atoms. The Morgan fingerprint density at radius 3 is 3.00 bits per heavy atom. The molecule has 0 fully saturated rings. The molecule has 0 bridgehead atoms. The van der Waals surface area contributed by atoms with Crippen LogP contribution in [0.3, 0.4) is 0 Å². The molecule has 2 aromatic heterocycles. The summed E-state index contributed by atoms with van der Waals surface area (Å²) in [6, 6.07) is 5.32. The largest absolute Gasteiger partial charge is 0.324 e. The Kier molecular flexibility index (Phi) is 4.54. The average Bonchev–Trinajstić information content (AvgIpc) is 3.00. The summed E-state index contributed by atoms with van der Waals surface area (Å²) < 4.78 is 1.39. The molecule has 7 heteroatoms. The van der Waals surface area contributed by atoms with Crippen LogP contribution in [-0.4, -0.2) is 15.5 Å². The summed E-state index contributed by atoms with van der Waals surface area (Å²) in [6.45, 7) is 1.82. The third-order valence-electron chi connectivity index (χ3n) is 4.73. The second kappa shape index (κ2) is 6.85. The zero-order valence-electron chi connectivity index (χ0n) is 14.3. The van der Waals surface area contributed by atoms with Gasteiger partial charge in [0.05, 0.1) is 11.7 Å². The van der Waals surface area contributed by atoms with Gasteiger partial charge in [-0.3, -0.25) is 14.2 Å². The van der Waals surface area contributed by atoms with Crippen LogP contribution in [0.25, 0.3) is 10.2 Å². The van der Waals surface area contributed by atoms with Gasteiger partial charge in [-0.05, 0) is 55.9 Å². The fourth-order valence-electron chi connectivity index (χ4n) is 3.37. The highest BCUT2D eigenvalue weighted by Crippen LogP contribution is 2.33. The number of benzene rings is 1. The van der Waals surface area contributed by atoms with Crippen molar-refractivity contribution in [2.75, 3.05) is 5.32 Å². The molecule has 1 amide bonds. The van der Waals surface area contributed by atoms with E-state index in [4.69, 9.17) is 11.6 Å². The number of hydrogen-bond donors (Lipinski definition) is 1. The van der Waals surface area contributed by atoms with Crippen molar-refractivity contribution in [1.82, 2.24) is 9.55 Å². The van der Waals surface area contributed by atoms with Crippen LogP contribution < -0.4 is 10.9 Å². The molecule has 1 N–H and O–H groups in total. The SMILES string of the molecule is Cc1ccc(Cl)cc1NC(=O)Cn1cnc2sc3c(c2c1=O)CCCC3. The summed E-state index contributed by atoms with van der Waals surface area (Å²) in [7, 11) is 0. The number of rotatable bonds is 3. The number of fused-ring (bicyclic) bond motifs is 3. The van der Waals surface area contributed by atoms with E-state index >= 15 is 0 Å². The van der Waals surface area contributed by atoms with Crippen molar-refractivity contribution in [3.63, 3.8) is 0 Å². The molecular formula is C19H18ClN3O2S. The van der Waals surface area contributed by atoms with Crippen molar-refractivity contribution in [1.29, 1.82) is 0 Å². The molecule has 0 saturated carbocycles. The van der Waals surface area contributed by atoms with Crippen LogP contribution in [0, 0.1) is 6.92 Å². The van der Waals surface area contributed by atoms with Gasteiger partial charge in [-0.15, -0.1) is 11.3 Å². The number of hydrogen-bond acceptors (Lipinski definition) is 4. The first-order valence-corrected chi connectivity index (χ1v) is 9.78. The van der Waals surface area contributed by atoms with E-state index in [-0.39, 0.29) is 18.0 Å². The molecule has 0 aliphatic heterocycles. The Balaban J connectivity index is 1.63. The highest BCUT2D eigenvalue weighted by atomic mass is 35.5. The number of halogens is 1. The van der Waals surface area contributed by atoms with Gasteiger partial charge in [-0.2, -0.15) is 0 Å². The lowest BCUT2D eigenvalue weighted by Gasteiger charge is -2.11. The number of nitrogens with zero attached hydrogens (tertiary/aromatic N) is 2. The highest BCUT2D eigenvalue weighted by Gasteiger charge is 2.20. The first-order valence-electron chi connectivity index (χ1n) is 8.58. The van der Waals surface area contributed by atoms with Gasteiger partial charge in [0.15, 0.2) is 0 Å². The number of aromatic nitrogens is 2. The third-order valence-corrected chi connectivity index (χ3v) is 6.16. The van der Waals surface area contributed by atoms with Gasteiger partial charge >= 0.3 is 0 Å². The standard InChI is InChI=1S/C19H18ClN3O2S/c1-11-6-7-12(20)8-14(11)22-16(24)9-23-10-21-18-17(19(23)25)13-4-2-3-5-15(13)26-18/h6-8,10H,2-5,9H2,1H3,(H,22,24). The average molecular weight is 388 g/mol. The fourth-order valence-corrected chi connectivity index (χ4v) is 4.76. The van der Waals surface area contributed by atoms with Gasteiger partial charge < -0.3 is 5.32 Å². The quantitative estimate of drug-likeness (QED) is 0.740. The minimum absolute atomic E-state index is 0.0711. The smallest absolute Gasteiger partial charge is 0.262 e. The lowest BCUT2D eigenvalue weighted by Crippen LogP contribution is -2.28. The van der Waals surface area contributed by atoms with Crippen molar-refractivity contribution in [3.05, 3.63) is 55.9 Å². The topological polar surface area (TPSA) is 64.0 Å². The second-order valence-electron chi connectivity index (χ2n) is 6.58. The normalized spacial score (nSPS) is 13.6. The van der Waals surface area contributed by atoms with Gasteiger partial charge in [0.2, 0.25) is 5.91 Å². The molecule has 0 spiro atoms.